The predicted octanol–water partition coefficient (Wildman–Crippen LogP) is -0.160. The topological polar surface area (TPSA) is 65.5 Å². The molecule has 1 heterocycles. The van der Waals surface area contributed by atoms with Crippen molar-refractivity contribution in [2.24, 2.45) is 4.99 Å². The summed E-state index contributed by atoms with van der Waals surface area (Å²) in [7, 11) is 0. The lowest BCUT2D eigenvalue weighted by Gasteiger charge is -2.11. The second-order valence-corrected chi connectivity index (χ2v) is 3.71. The van der Waals surface area contributed by atoms with Crippen molar-refractivity contribution in [1.29, 1.82) is 0 Å². The third-order valence-electron chi connectivity index (χ3n) is 2.34. The highest BCUT2D eigenvalue weighted by molar-refractivity contribution is 5.82. The number of guanidine groups is 1. The summed E-state index contributed by atoms with van der Waals surface area (Å²) in [6.07, 6.45) is 1.46. The molecule has 0 spiro atoms. The summed E-state index contributed by atoms with van der Waals surface area (Å²) in [5.74, 6) is 0.904. The van der Waals surface area contributed by atoms with E-state index in [0.29, 0.717) is 13.0 Å². The fraction of sp³-hybridized carbons (Fsp3) is 0.800. The average molecular weight is 212 g/mol. The van der Waals surface area contributed by atoms with Crippen molar-refractivity contribution < 1.29 is 4.79 Å². The molecule has 86 valence electrons. The molecular formula is C10H20N4O. The first-order valence-electron chi connectivity index (χ1n) is 5.54. The number of aliphatic imine (C=N–C) groups is 1. The van der Waals surface area contributed by atoms with Gasteiger partial charge in [-0.05, 0) is 13.3 Å². The first-order chi connectivity index (χ1) is 7.22. The molecule has 0 saturated heterocycles. The van der Waals surface area contributed by atoms with Crippen LogP contribution in [0.25, 0.3) is 0 Å². The fourth-order valence-corrected chi connectivity index (χ4v) is 1.26. The van der Waals surface area contributed by atoms with Crippen LogP contribution in [0.15, 0.2) is 4.99 Å². The first-order valence-corrected chi connectivity index (χ1v) is 5.54. The Hall–Kier alpha value is -1.26. The van der Waals surface area contributed by atoms with Gasteiger partial charge in [-0.25, -0.2) is 0 Å². The van der Waals surface area contributed by atoms with Crippen LogP contribution in [-0.4, -0.2) is 37.5 Å². The molecule has 0 aromatic rings. The second kappa shape index (κ2) is 6.27. The van der Waals surface area contributed by atoms with Crippen LogP contribution in [-0.2, 0) is 4.79 Å². The lowest BCUT2D eigenvalue weighted by molar-refractivity contribution is -0.121. The van der Waals surface area contributed by atoms with Gasteiger partial charge in [-0.3, -0.25) is 9.79 Å². The van der Waals surface area contributed by atoms with E-state index in [2.05, 4.69) is 27.9 Å². The maximum absolute atomic E-state index is 11.4. The van der Waals surface area contributed by atoms with E-state index >= 15 is 0 Å². The molecule has 5 heteroatoms. The van der Waals surface area contributed by atoms with Gasteiger partial charge in [-0.15, -0.1) is 0 Å². The van der Waals surface area contributed by atoms with E-state index in [1.165, 1.54) is 0 Å². The van der Waals surface area contributed by atoms with E-state index in [9.17, 15) is 4.79 Å². The minimum atomic E-state index is 0.0930. The minimum absolute atomic E-state index is 0.0930. The molecule has 0 aliphatic carbocycles. The van der Waals surface area contributed by atoms with Crippen molar-refractivity contribution in [3.63, 3.8) is 0 Å². The van der Waals surface area contributed by atoms with Crippen molar-refractivity contribution in [3.05, 3.63) is 0 Å². The van der Waals surface area contributed by atoms with E-state index in [4.69, 9.17) is 0 Å². The largest absolute Gasteiger partial charge is 0.356 e. The molecule has 1 unspecified atom stereocenters. The normalized spacial score (nSPS) is 16.5. The van der Waals surface area contributed by atoms with Crippen molar-refractivity contribution in [3.8, 4) is 0 Å². The molecule has 15 heavy (non-hydrogen) atoms. The smallest absolute Gasteiger partial charge is 0.221 e. The van der Waals surface area contributed by atoms with Crippen LogP contribution in [0.3, 0.4) is 0 Å². The van der Waals surface area contributed by atoms with E-state index < -0.39 is 0 Å². The van der Waals surface area contributed by atoms with Crippen LogP contribution < -0.4 is 16.0 Å². The highest BCUT2D eigenvalue weighted by atomic mass is 16.1. The summed E-state index contributed by atoms with van der Waals surface area (Å²) in [6, 6.07) is 0.263. The van der Waals surface area contributed by atoms with Crippen LogP contribution in [0.1, 0.15) is 26.7 Å². The molecule has 1 aliphatic rings. The molecule has 0 radical (unpaired) electrons. The van der Waals surface area contributed by atoms with E-state index in [-0.39, 0.29) is 11.9 Å². The number of carbonyl (C=O) groups excluding carboxylic acids is 1. The maximum Gasteiger partial charge on any atom is 0.221 e. The van der Waals surface area contributed by atoms with Crippen molar-refractivity contribution in [2.75, 3.05) is 19.6 Å². The quantitative estimate of drug-likeness (QED) is 0.593. The fourth-order valence-electron chi connectivity index (χ4n) is 1.26. The second-order valence-electron chi connectivity index (χ2n) is 3.71. The number of rotatable bonds is 5. The van der Waals surface area contributed by atoms with Gasteiger partial charge in [0.25, 0.3) is 0 Å². The van der Waals surface area contributed by atoms with Gasteiger partial charge in [0, 0.05) is 25.6 Å². The van der Waals surface area contributed by atoms with Gasteiger partial charge in [0.05, 0.1) is 6.54 Å². The zero-order chi connectivity index (χ0) is 11.1. The number of hydrogen-bond donors (Lipinski definition) is 3. The number of nitrogens with zero attached hydrogens (tertiary/aromatic N) is 1. The van der Waals surface area contributed by atoms with Gasteiger partial charge >= 0.3 is 0 Å². The molecule has 1 atom stereocenters. The highest BCUT2D eigenvalue weighted by Crippen LogP contribution is 1.89. The molecule has 1 aliphatic heterocycles. The molecule has 0 bridgehead atoms. The molecule has 0 aromatic carbocycles. The number of hydrogen-bond acceptors (Lipinski definition) is 4. The van der Waals surface area contributed by atoms with E-state index in [1.54, 1.807) is 0 Å². The molecule has 0 saturated carbocycles. The van der Waals surface area contributed by atoms with Crippen molar-refractivity contribution in [2.45, 2.75) is 32.7 Å². The Labute approximate surface area is 90.7 Å². The summed E-state index contributed by atoms with van der Waals surface area (Å²) in [5.41, 5.74) is 0. The first kappa shape index (κ1) is 11.8. The number of nitrogens with one attached hydrogen (secondary N) is 3. The van der Waals surface area contributed by atoms with Crippen LogP contribution in [0, 0.1) is 0 Å². The minimum Gasteiger partial charge on any atom is -0.356 e. The van der Waals surface area contributed by atoms with Crippen LogP contribution in [0.5, 0.6) is 0 Å². The standard InChI is InChI=1S/C10H20N4O/c1-3-8(2)14-9(15)4-5-11-10-12-6-7-13-10/h8H,3-7H2,1-2H3,(H,14,15)(H2,11,12,13). The monoisotopic (exact) mass is 212 g/mol. The molecule has 0 fully saturated rings. The maximum atomic E-state index is 11.4. The van der Waals surface area contributed by atoms with E-state index in [0.717, 1.165) is 25.5 Å². The van der Waals surface area contributed by atoms with Gasteiger partial charge in [0.2, 0.25) is 5.91 Å². The van der Waals surface area contributed by atoms with Gasteiger partial charge < -0.3 is 16.0 Å². The summed E-state index contributed by atoms with van der Waals surface area (Å²) >= 11 is 0. The molecule has 3 N–H and O–H groups in total. The Bertz CT molecular complexity index is 240. The van der Waals surface area contributed by atoms with Gasteiger partial charge in [0.1, 0.15) is 0 Å². The van der Waals surface area contributed by atoms with Gasteiger partial charge in [-0.1, -0.05) is 6.92 Å². The summed E-state index contributed by atoms with van der Waals surface area (Å²) in [5, 5.41) is 9.09. The molecule has 1 rings (SSSR count). The van der Waals surface area contributed by atoms with Crippen LogP contribution in [0.2, 0.25) is 0 Å². The average Bonchev–Trinajstić information content (AvgIpc) is 2.70. The third kappa shape index (κ3) is 4.67. The lowest BCUT2D eigenvalue weighted by Crippen LogP contribution is -2.38. The van der Waals surface area contributed by atoms with Gasteiger partial charge in [-0.2, -0.15) is 0 Å². The summed E-state index contributed by atoms with van der Waals surface area (Å²) < 4.78 is 0. The Kier molecular flexibility index (Phi) is 4.93. The summed E-state index contributed by atoms with van der Waals surface area (Å²) in [6.45, 7) is 6.41. The zero-order valence-electron chi connectivity index (χ0n) is 9.47. The predicted molar refractivity (Wildman–Crippen MR) is 60.8 cm³/mol. The molecule has 0 aromatic heterocycles. The molecular weight excluding hydrogens is 192 g/mol. The number of carbonyl (C=O) groups is 1. The van der Waals surface area contributed by atoms with Gasteiger partial charge in [0.15, 0.2) is 5.96 Å². The molecule has 5 nitrogen and oxygen atoms in total. The van der Waals surface area contributed by atoms with E-state index in [1.807, 2.05) is 6.92 Å². The van der Waals surface area contributed by atoms with Crippen LogP contribution in [0.4, 0.5) is 0 Å². The molecule has 1 amide bonds. The lowest BCUT2D eigenvalue weighted by atomic mass is 10.2. The third-order valence-corrected chi connectivity index (χ3v) is 2.34. The van der Waals surface area contributed by atoms with Crippen LogP contribution >= 0.6 is 0 Å². The Balaban J connectivity index is 2.06. The van der Waals surface area contributed by atoms with Crippen molar-refractivity contribution >= 4 is 11.9 Å². The Morgan fingerprint density at radius 3 is 3.07 bits per heavy atom. The van der Waals surface area contributed by atoms with Crippen molar-refractivity contribution in [1.82, 2.24) is 16.0 Å². The highest BCUT2D eigenvalue weighted by Gasteiger charge is 2.07. The Morgan fingerprint density at radius 1 is 1.67 bits per heavy atom. The summed E-state index contributed by atoms with van der Waals surface area (Å²) in [4.78, 5) is 15.5. The zero-order valence-corrected chi connectivity index (χ0v) is 9.47. The Morgan fingerprint density at radius 2 is 2.47 bits per heavy atom. The SMILES string of the molecule is CCC(C)NC(=O)CCNC1=NCCN1. The number of amides is 1.